The smallest absolute Gasteiger partial charge is 0.271 e. The van der Waals surface area contributed by atoms with Crippen molar-refractivity contribution in [2.75, 3.05) is 0 Å². The van der Waals surface area contributed by atoms with E-state index in [1.165, 1.54) is 18.2 Å². The minimum Gasteiger partial charge on any atom is -0.486 e. The Kier molecular flexibility index (Phi) is 4.19. The van der Waals surface area contributed by atoms with Gasteiger partial charge in [-0.25, -0.2) is 8.78 Å². The molecule has 0 spiro atoms. The molecule has 0 bridgehead atoms. The van der Waals surface area contributed by atoms with Gasteiger partial charge in [0.1, 0.15) is 18.1 Å². The fourth-order valence-corrected chi connectivity index (χ4v) is 2.14. The summed E-state index contributed by atoms with van der Waals surface area (Å²) in [5, 5.41) is 9.68. The summed E-state index contributed by atoms with van der Waals surface area (Å²) in [7, 11) is 0. The van der Waals surface area contributed by atoms with Crippen LogP contribution in [0.2, 0.25) is 0 Å². The van der Waals surface area contributed by atoms with E-state index in [9.17, 15) is 13.6 Å². The number of carbonyl (C=O) groups excluding carboxylic acids is 1. The molecule has 0 aliphatic rings. The van der Waals surface area contributed by atoms with Gasteiger partial charge in [-0.15, -0.1) is 0 Å². The molecule has 8 heteroatoms. The molecule has 0 unspecified atom stereocenters. The summed E-state index contributed by atoms with van der Waals surface area (Å²) < 4.78 is 33.0. The van der Waals surface area contributed by atoms with Crippen molar-refractivity contribution in [1.82, 2.24) is 15.4 Å². The van der Waals surface area contributed by atoms with E-state index < -0.39 is 17.5 Å². The number of hydrogen-bond donors (Lipinski definition) is 2. The first-order valence-corrected chi connectivity index (χ1v) is 6.93. The Morgan fingerprint density at radius 2 is 1.92 bits per heavy atom. The van der Waals surface area contributed by atoms with Gasteiger partial charge in [0, 0.05) is 11.1 Å². The maximum atomic E-state index is 14.2. The number of aromatic nitrogens is 3. The van der Waals surface area contributed by atoms with Crippen LogP contribution in [0.5, 0.6) is 5.75 Å². The van der Waals surface area contributed by atoms with Crippen LogP contribution in [-0.4, -0.2) is 21.3 Å². The molecule has 3 aromatic rings. The van der Waals surface area contributed by atoms with Crippen LogP contribution >= 0.6 is 0 Å². The number of nitrogens with one attached hydrogen (secondary N) is 1. The highest BCUT2D eigenvalue weighted by molar-refractivity contribution is 5.96. The van der Waals surface area contributed by atoms with Gasteiger partial charge < -0.3 is 10.5 Å². The zero-order valence-electron chi connectivity index (χ0n) is 12.3. The zero-order chi connectivity index (χ0) is 17.1. The molecule has 0 aliphatic carbocycles. The average Bonchev–Trinajstić information content (AvgIpc) is 3.05. The minimum atomic E-state index is -0.779. The van der Waals surface area contributed by atoms with Crippen molar-refractivity contribution < 1.29 is 18.3 Å². The highest BCUT2D eigenvalue weighted by Crippen LogP contribution is 2.26. The molecule has 0 aliphatic heterocycles. The Bertz CT molecular complexity index is 895. The topological polar surface area (TPSA) is 93.9 Å². The number of nitrogens with two attached hydrogens (primary N) is 1. The summed E-state index contributed by atoms with van der Waals surface area (Å²) in [6.45, 7) is -0.112. The molecule has 24 heavy (non-hydrogen) atoms. The Balaban J connectivity index is 1.81. The SMILES string of the molecule is NC(=O)c1n[nH]nc1-c1ccc(OCc2ccccc2F)c(F)c1. The number of nitrogens with zero attached hydrogens (tertiary/aromatic N) is 2. The molecule has 6 nitrogen and oxygen atoms in total. The lowest BCUT2D eigenvalue weighted by Crippen LogP contribution is -2.12. The van der Waals surface area contributed by atoms with Crippen LogP contribution in [0.25, 0.3) is 11.3 Å². The zero-order valence-corrected chi connectivity index (χ0v) is 12.3. The maximum Gasteiger partial charge on any atom is 0.271 e. The summed E-state index contributed by atoms with van der Waals surface area (Å²) in [6, 6.07) is 10.1. The number of hydrogen-bond acceptors (Lipinski definition) is 4. The molecule has 1 amide bonds. The maximum absolute atomic E-state index is 14.2. The second-order valence-corrected chi connectivity index (χ2v) is 4.91. The summed E-state index contributed by atoms with van der Waals surface area (Å²) >= 11 is 0. The number of carbonyl (C=O) groups is 1. The van der Waals surface area contributed by atoms with E-state index in [0.29, 0.717) is 11.1 Å². The van der Waals surface area contributed by atoms with Gasteiger partial charge in [-0.05, 0) is 24.3 Å². The standard InChI is InChI=1S/C16H12F2N4O2/c17-11-4-2-1-3-10(11)8-24-13-6-5-9(7-12(13)18)14-15(16(19)23)21-22-20-14/h1-7H,8H2,(H2,19,23)(H,20,21,22). The number of halogens is 2. The van der Waals surface area contributed by atoms with Crippen molar-refractivity contribution in [2.24, 2.45) is 5.73 Å². The fourth-order valence-electron chi connectivity index (χ4n) is 2.14. The predicted molar refractivity (Wildman–Crippen MR) is 81.0 cm³/mol. The van der Waals surface area contributed by atoms with E-state index >= 15 is 0 Å². The van der Waals surface area contributed by atoms with E-state index in [2.05, 4.69) is 15.4 Å². The molecular weight excluding hydrogens is 318 g/mol. The van der Waals surface area contributed by atoms with Crippen molar-refractivity contribution in [2.45, 2.75) is 6.61 Å². The Morgan fingerprint density at radius 3 is 2.62 bits per heavy atom. The molecule has 2 aromatic carbocycles. The summed E-state index contributed by atoms with van der Waals surface area (Å²) in [6.07, 6.45) is 0. The predicted octanol–water partition coefficient (Wildman–Crippen LogP) is 2.43. The van der Waals surface area contributed by atoms with Crippen molar-refractivity contribution in [3.05, 3.63) is 65.4 Å². The second-order valence-electron chi connectivity index (χ2n) is 4.91. The number of ether oxygens (including phenoxy) is 1. The van der Waals surface area contributed by atoms with Gasteiger partial charge in [0.25, 0.3) is 5.91 Å². The molecule has 3 rings (SSSR count). The second kappa shape index (κ2) is 6.45. The third-order valence-electron chi connectivity index (χ3n) is 3.33. The average molecular weight is 330 g/mol. The van der Waals surface area contributed by atoms with Gasteiger partial charge >= 0.3 is 0 Å². The number of benzene rings is 2. The Morgan fingerprint density at radius 1 is 1.12 bits per heavy atom. The molecule has 0 saturated heterocycles. The van der Waals surface area contributed by atoms with Crippen LogP contribution < -0.4 is 10.5 Å². The van der Waals surface area contributed by atoms with Gasteiger partial charge in [0.05, 0.1) is 0 Å². The number of amides is 1. The highest BCUT2D eigenvalue weighted by atomic mass is 19.1. The van der Waals surface area contributed by atoms with Crippen LogP contribution in [0.1, 0.15) is 16.1 Å². The molecule has 122 valence electrons. The van der Waals surface area contributed by atoms with Gasteiger partial charge in [0.15, 0.2) is 17.3 Å². The van der Waals surface area contributed by atoms with E-state index in [4.69, 9.17) is 10.5 Å². The van der Waals surface area contributed by atoms with E-state index in [0.717, 1.165) is 6.07 Å². The lowest BCUT2D eigenvalue weighted by Gasteiger charge is -2.09. The van der Waals surface area contributed by atoms with Gasteiger partial charge in [-0.3, -0.25) is 4.79 Å². The molecule has 3 N–H and O–H groups in total. The molecule has 1 heterocycles. The van der Waals surface area contributed by atoms with E-state index in [1.54, 1.807) is 18.2 Å². The largest absolute Gasteiger partial charge is 0.486 e. The molecule has 0 saturated carbocycles. The summed E-state index contributed by atoms with van der Waals surface area (Å²) in [5.41, 5.74) is 5.85. The number of aromatic amines is 1. The quantitative estimate of drug-likeness (QED) is 0.751. The first-order valence-electron chi connectivity index (χ1n) is 6.93. The van der Waals surface area contributed by atoms with Crippen LogP contribution in [0.15, 0.2) is 42.5 Å². The van der Waals surface area contributed by atoms with Crippen LogP contribution in [0, 0.1) is 11.6 Å². The van der Waals surface area contributed by atoms with E-state index in [1.807, 2.05) is 0 Å². The highest BCUT2D eigenvalue weighted by Gasteiger charge is 2.17. The normalized spacial score (nSPS) is 10.6. The number of rotatable bonds is 5. The fraction of sp³-hybridized carbons (Fsp3) is 0.0625. The van der Waals surface area contributed by atoms with Crippen molar-refractivity contribution in [3.8, 4) is 17.0 Å². The minimum absolute atomic E-state index is 0.0499. The van der Waals surface area contributed by atoms with Crippen LogP contribution in [0.3, 0.4) is 0 Å². The Hall–Kier alpha value is -3.29. The van der Waals surface area contributed by atoms with E-state index in [-0.39, 0.29) is 23.7 Å². The first kappa shape index (κ1) is 15.6. The molecule has 0 atom stereocenters. The summed E-state index contributed by atoms with van der Waals surface area (Å²) in [5.74, 6) is -1.93. The number of H-pyrrole nitrogens is 1. The van der Waals surface area contributed by atoms with Crippen LogP contribution in [0.4, 0.5) is 8.78 Å². The first-order chi connectivity index (χ1) is 11.6. The van der Waals surface area contributed by atoms with Crippen LogP contribution in [-0.2, 0) is 6.61 Å². The lowest BCUT2D eigenvalue weighted by molar-refractivity contribution is 0.0996. The summed E-state index contributed by atoms with van der Waals surface area (Å²) in [4.78, 5) is 11.2. The van der Waals surface area contributed by atoms with Gasteiger partial charge in [0.2, 0.25) is 0 Å². The van der Waals surface area contributed by atoms with Crippen molar-refractivity contribution >= 4 is 5.91 Å². The molecule has 0 radical (unpaired) electrons. The third kappa shape index (κ3) is 3.07. The van der Waals surface area contributed by atoms with Gasteiger partial charge in [-0.1, -0.05) is 18.2 Å². The molecule has 0 fully saturated rings. The third-order valence-corrected chi connectivity index (χ3v) is 3.33. The molecular formula is C16H12F2N4O2. The van der Waals surface area contributed by atoms with Crippen molar-refractivity contribution in [1.29, 1.82) is 0 Å². The monoisotopic (exact) mass is 330 g/mol. The lowest BCUT2D eigenvalue weighted by atomic mass is 10.1. The van der Waals surface area contributed by atoms with Gasteiger partial charge in [-0.2, -0.15) is 15.4 Å². The Labute approximate surface area is 135 Å². The van der Waals surface area contributed by atoms with Crippen molar-refractivity contribution in [3.63, 3.8) is 0 Å². The number of primary amides is 1. The molecule has 1 aromatic heterocycles.